The third-order valence-corrected chi connectivity index (χ3v) is 4.85. The molecular weight excluding hydrogens is 392 g/mol. The van der Waals surface area contributed by atoms with Gasteiger partial charge in [0.15, 0.2) is 12.3 Å². The summed E-state index contributed by atoms with van der Waals surface area (Å²) in [5, 5.41) is 14.0. The van der Waals surface area contributed by atoms with E-state index in [4.69, 9.17) is 14.7 Å². The molecule has 0 radical (unpaired) electrons. The molecule has 31 heavy (non-hydrogen) atoms. The number of rotatable bonds is 5. The van der Waals surface area contributed by atoms with Crippen molar-refractivity contribution in [3.05, 3.63) is 71.4 Å². The molecule has 2 aromatic carbocycles. The molecule has 0 amide bonds. The van der Waals surface area contributed by atoms with Crippen molar-refractivity contribution in [3.63, 3.8) is 0 Å². The standard InChI is InChI=1S/C24H20N4O3/c1-15-12-16(2)26-23-22(15)24(27-28(23)3)30-14-21(29)31-20-10-8-19(9-11-20)18-6-4-17(13-25)5-7-18/h4-12H,14H2,1-3H3. The highest BCUT2D eigenvalue weighted by molar-refractivity contribution is 5.85. The molecule has 7 nitrogen and oxygen atoms in total. The molecule has 0 saturated carbocycles. The Morgan fingerprint density at radius 2 is 1.71 bits per heavy atom. The number of nitriles is 1. The molecule has 0 unspecified atom stereocenters. The SMILES string of the molecule is Cc1cc(C)c2c(OCC(=O)Oc3ccc(-c4ccc(C#N)cc4)cc3)nn(C)c2n1. The molecule has 0 bridgehead atoms. The fraction of sp³-hybridized carbons (Fsp3) is 0.167. The van der Waals surface area contributed by atoms with Crippen molar-refractivity contribution in [3.8, 4) is 28.8 Å². The summed E-state index contributed by atoms with van der Waals surface area (Å²) in [6.07, 6.45) is 0. The zero-order valence-electron chi connectivity index (χ0n) is 17.4. The zero-order chi connectivity index (χ0) is 22.0. The first kappa shape index (κ1) is 20.1. The minimum atomic E-state index is -0.525. The quantitative estimate of drug-likeness (QED) is 0.362. The number of pyridine rings is 1. The summed E-state index contributed by atoms with van der Waals surface area (Å²) < 4.78 is 12.6. The third kappa shape index (κ3) is 4.23. The van der Waals surface area contributed by atoms with Crippen LogP contribution >= 0.6 is 0 Å². The summed E-state index contributed by atoms with van der Waals surface area (Å²) in [5.74, 6) is 0.253. The van der Waals surface area contributed by atoms with Crippen LogP contribution < -0.4 is 9.47 Å². The van der Waals surface area contributed by atoms with Gasteiger partial charge in [-0.25, -0.2) is 14.5 Å². The van der Waals surface area contributed by atoms with Crippen molar-refractivity contribution in [2.24, 2.45) is 7.05 Å². The lowest BCUT2D eigenvalue weighted by atomic mass is 10.0. The van der Waals surface area contributed by atoms with Crippen LogP contribution in [0.15, 0.2) is 54.6 Å². The highest BCUT2D eigenvalue weighted by Crippen LogP contribution is 2.27. The number of hydrogen-bond donors (Lipinski definition) is 0. The van der Waals surface area contributed by atoms with E-state index in [1.54, 1.807) is 36.0 Å². The van der Waals surface area contributed by atoms with Crippen molar-refractivity contribution < 1.29 is 14.3 Å². The number of nitrogens with zero attached hydrogens (tertiary/aromatic N) is 4. The van der Waals surface area contributed by atoms with E-state index in [2.05, 4.69) is 16.2 Å². The number of benzene rings is 2. The van der Waals surface area contributed by atoms with Gasteiger partial charge >= 0.3 is 5.97 Å². The van der Waals surface area contributed by atoms with Gasteiger partial charge in [0.1, 0.15) is 5.75 Å². The van der Waals surface area contributed by atoms with Crippen LogP contribution in [0.25, 0.3) is 22.2 Å². The number of ether oxygens (including phenoxy) is 2. The van der Waals surface area contributed by atoms with Gasteiger partial charge in [-0.15, -0.1) is 5.10 Å². The largest absolute Gasteiger partial charge is 0.464 e. The average molecular weight is 412 g/mol. The van der Waals surface area contributed by atoms with Crippen LogP contribution in [0.5, 0.6) is 11.6 Å². The van der Waals surface area contributed by atoms with Crippen molar-refractivity contribution in [2.75, 3.05) is 6.61 Å². The van der Waals surface area contributed by atoms with Crippen molar-refractivity contribution in [2.45, 2.75) is 13.8 Å². The van der Waals surface area contributed by atoms with E-state index in [9.17, 15) is 4.79 Å². The topological polar surface area (TPSA) is 90.0 Å². The summed E-state index contributed by atoms with van der Waals surface area (Å²) >= 11 is 0. The number of carbonyl (C=O) groups is 1. The monoisotopic (exact) mass is 412 g/mol. The highest BCUT2D eigenvalue weighted by atomic mass is 16.6. The van der Waals surface area contributed by atoms with E-state index in [-0.39, 0.29) is 6.61 Å². The van der Waals surface area contributed by atoms with E-state index in [1.807, 2.05) is 44.2 Å². The number of fused-ring (bicyclic) bond motifs is 1. The summed E-state index contributed by atoms with van der Waals surface area (Å²) in [5.41, 5.74) is 5.12. The zero-order valence-corrected chi connectivity index (χ0v) is 17.4. The van der Waals surface area contributed by atoms with E-state index in [0.29, 0.717) is 22.8 Å². The lowest BCUT2D eigenvalue weighted by Crippen LogP contribution is -2.18. The molecule has 0 spiro atoms. The minimum Gasteiger partial charge on any atom is -0.464 e. The average Bonchev–Trinajstić information content (AvgIpc) is 3.08. The van der Waals surface area contributed by atoms with Crippen LogP contribution in [0, 0.1) is 25.2 Å². The smallest absolute Gasteiger partial charge is 0.349 e. The number of aromatic nitrogens is 3. The second kappa shape index (κ2) is 8.28. The van der Waals surface area contributed by atoms with Crippen LogP contribution in [0.1, 0.15) is 16.8 Å². The van der Waals surface area contributed by atoms with Crippen molar-refractivity contribution in [1.82, 2.24) is 14.8 Å². The van der Waals surface area contributed by atoms with Gasteiger partial charge in [-0.3, -0.25) is 0 Å². The van der Waals surface area contributed by atoms with E-state index in [1.165, 1.54) is 0 Å². The molecule has 2 aromatic heterocycles. The Morgan fingerprint density at radius 3 is 2.35 bits per heavy atom. The molecule has 4 aromatic rings. The Morgan fingerprint density at radius 1 is 1.06 bits per heavy atom. The number of carbonyl (C=O) groups excluding carboxylic acids is 1. The van der Waals surface area contributed by atoms with Gasteiger partial charge in [0.05, 0.1) is 17.0 Å². The highest BCUT2D eigenvalue weighted by Gasteiger charge is 2.16. The fourth-order valence-electron chi connectivity index (χ4n) is 3.39. The summed E-state index contributed by atoms with van der Waals surface area (Å²) in [6.45, 7) is 3.61. The Labute approximate surface area is 179 Å². The molecule has 0 aliphatic heterocycles. The Bertz CT molecular complexity index is 1300. The molecule has 0 atom stereocenters. The van der Waals surface area contributed by atoms with Gasteiger partial charge in [-0.05, 0) is 60.9 Å². The van der Waals surface area contributed by atoms with Gasteiger partial charge in [-0.1, -0.05) is 24.3 Å². The molecule has 0 aliphatic rings. The van der Waals surface area contributed by atoms with Crippen LogP contribution in [-0.2, 0) is 11.8 Å². The first-order valence-corrected chi connectivity index (χ1v) is 9.69. The summed E-state index contributed by atoms with van der Waals surface area (Å²) in [6, 6.07) is 18.5. The van der Waals surface area contributed by atoms with Crippen LogP contribution in [0.3, 0.4) is 0 Å². The molecule has 154 valence electrons. The minimum absolute atomic E-state index is 0.267. The number of esters is 1. The first-order chi connectivity index (χ1) is 14.9. The Balaban J connectivity index is 1.41. The second-order valence-electron chi connectivity index (χ2n) is 7.18. The molecule has 7 heteroatoms. The van der Waals surface area contributed by atoms with Gasteiger partial charge in [-0.2, -0.15) is 5.26 Å². The summed E-state index contributed by atoms with van der Waals surface area (Å²) in [4.78, 5) is 16.7. The van der Waals surface area contributed by atoms with Gasteiger partial charge < -0.3 is 9.47 Å². The first-order valence-electron chi connectivity index (χ1n) is 9.69. The third-order valence-electron chi connectivity index (χ3n) is 4.85. The number of aryl methyl sites for hydroxylation is 3. The van der Waals surface area contributed by atoms with E-state index >= 15 is 0 Å². The maximum Gasteiger partial charge on any atom is 0.349 e. The Hall–Kier alpha value is -4.18. The maximum atomic E-state index is 12.3. The number of hydrogen-bond acceptors (Lipinski definition) is 6. The molecule has 0 aliphatic carbocycles. The molecular formula is C24H20N4O3. The lowest BCUT2D eigenvalue weighted by Gasteiger charge is -2.07. The molecule has 2 heterocycles. The maximum absolute atomic E-state index is 12.3. The van der Waals surface area contributed by atoms with Crippen LogP contribution in [-0.4, -0.2) is 27.3 Å². The normalized spacial score (nSPS) is 10.6. The predicted molar refractivity (Wildman–Crippen MR) is 116 cm³/mol. The molecule has 0 N–H and O–H groups in total. The predicted octanol–water partition coefficient (Wildman–Crippen LogP) is 4.11. The van der Waals surface area contributed by atoms with Gasteiger partial charge in [0.2, 0.25) is 5.88 Å². The van der Waals surface area contributed by atoms with Crippen LogP contribution in [0.2, 0.25) is 0 Å². The second-order valence-corrected chi connectivity index (χ2v) is 7.18. The van der Waals surface area contributed by atoms with Crippen LogP contribution in [0.4, 0.5) is 0 Å². The lowest BCUT2D eigenvalue weighted by molar-refractivity contribution is -0.136. The summed E-state index contributed by atoms with van der Waals surface area (Å²) in [7, 11) is 1.79. The van der Waals surface area contributed by atoms with Crippen molar-refractivity contribution in [1.29, 1.82) is 5.26 Å². The molecule has 4 rings (SSSR count). The van der Waals surface area contributed by atoms with E-state index < -0.39 is 5.97 Å². The van der Waals surface area contributed by atoms with Gasteiger partial charge in [0.25, 0.3) is 0 Å². The molecule has 0 saturated heterocycles. The van der Waals surface area contributed by atoms with E-state index in [0.717, 1.165) is 27.8 Å². The van der Waals surface area contributed by atoms with Crippen molar-refractivity contribution >= 4 is 17.0 Å². The fourth-order valence-corrected chi connectivity index (χ4v) is 3.39. The molecule has 0 fully saturated rings. The van der Waals surface area contributed by atoms with Gasteiger partial charge in [0, 0.05) is 12.7 Å². The Kier molecular flexibility index (Phi) is 5.37.